The second-order valence-electron chi connectivity index (χ2n) is 2.95. The minimum atomic E-state index is 0.194. The van der Waals surface area contributed by atoms with Crippen LogP contribution in [0.25, 0.3) is 0 Å². The molecule has 0 aliphatic rings. The molecular weight excluding hydrogens is 162 g/mol. The molecule has 13 heavy (non-hydrogen) atoms. The lowest BCUT2D eigenvalue weighted by Gasteiger charge is -2.03. The Morgan fingerprint density at radius 1 is 1.38 bits per heavy atom. The molecule has 1 atom stereocenters. The Morgan fingerprint density at radius 3 is 2.69 bits per heavy atom. The van der Waals surface area contributed by atoms with Crippen molar-refractivity contribution >= 4 is 6.21 Å². The van der Waals surface area contributed by atoms with Crippen molar-refractivity contribution in [2.24, 2.45) is 4.99 Å². The van der Waals surface area contributed by atoms with Crippen molar-refractivity contribution in [3.8, 4) is 0 Å². The SMILES string of the molecule is COC(C)CN=Cc1ccccc1. The third kappa shape index (κ3) is 3.85. The first-order valence-electron chi connectivity index (χ1n) is 4.40. The highest BCUT2D eigenvalue weighted by molar-refractivity contribution is 5.79. The van der Waals surface area contributed by atoms with Gasteiger partial charge in [0.2, 0.25) is 0 Å². The zero-order valence-electron chi connectivity index (χ0n) is 8.10. The number of nitrogens with zero attached hydrogens (tertiary/aromatic N) is 1. The molecular formula is C11H15NO. The zero-order chi connectivity index (χ0) is 9.52. The van der Waals surface area contributed by atoms with Crippen LogP contribution in [0.3, 0.4) is 0 Å². The topological polar surface area (TPSA) is 21.6 Å². The highest BCUT2D eigenvalue weighted by atomic mass is 16.5. The molecule has 0 N–H and O–H groups in total. The van der Waals surface area contributed by atoms with Gasteiger partial charge in [0.15, 0.2) is 0 Å². The number of hydrogen-bond donors (Lipinski definition) is 0. The number of methoxy groups -OCH3 is 1. The monoisotopic (exact) mass is 177 g/mol. The van der Waals surface area contributed by atoms with Crippen molar-refractivity contribution in [2.75, 3.05) is 13.7 Å². The summed E-state index contributed by atoms with van der Waals surface area (Å²) >= 11 is 0. The minimum Gasteiger partial charge on any atom is -0.380 e. The van der Waals surface area contributed by atoms with Crippen molar-refractivity contribution in [1.82, 2.24) is 0 Å². The Morgan fingerprint density at radius 2 is 2.08 bits per heavy atom. The van der Waals surface area contributed by atoms with Gasteiger partial charge in [0.25, 0.3) is 0 Å². The predicted molar refractivity (Wildman–Crippen MR) is 55.4 cm³/mol. The van der Waals surface area contributed by atoms with E-state index >= 15 is 0 Å². The van der Waals surface area contributed by atoms with Crippen LogP contribution in [-0.4, -0.2) is 26.0 Å². The summed E-state index contributed by atoms with van der Waals surface area (Å²) in [7, 11) is 1.70. The summed E-state index contributed by atoms with van der Waals surface area (Å²) in [5.41, 5.74) is 1.13. The Hall–Kier alpha value is -1.15. The van der Waals surface area contributed by atoms with Crippen LogP contribution in [0.5, 0.6) is 0 Å². The van der Waals surface area contributed by atoms with Crippen LogP contribution < -0.4 is 0 Å². The van der Waals surface area contributed by atoms with Crippen LogP contribution >= 0.6 is 0 Å². The fraction of sp³-hybridized carbons (Fsp3) is 0.364. The van der Waals surface area contributed by atoms with E-state index in [1.165, 1.54) is 0 Å². The molecule has 0 saturated carbocycles. The lowest BCUT2D eigenvalue weighted by Crippen LogP contribution is -2.08. The van der Waals surface area contributed by atoms with Crippen molar-refractivity contribution < 1.29 is 4.74 Å². The molecule has 1 unspecified atom stereocenters. The minimum absolute atomic E-state index is 0.194. The number of rotatable bonds is 4. The van der Waals surface area contributed by atoms with Gasteiger partial charge in [-0.1, -0.05) is 30.3 Å². The zero-order valence-corrected chi connectivity index (χ0v) is 8.10. The van der Waals surface area contributed by atoms with E-state index in [0.29, 0.717) is 6.54 Å². The molecule has 0 aliphatic carbocycles. The van der Waals surface area contributed by atoms with Gasteiger partial charge in [0.1, 0.15) is 0 Å². The van der Waals surface area contributed by atoms with Gasteiger partial charge in [-0.15, -0.1) is 0 Å². The van der Waals surface area contributed by atoms with Crippen molar-refractivity contribution in [3.05, 3.63) is 35.9 Å². The highest BCUT2D eigenvalue weighted by Gasteiger charge is 1.94. The standard InChI is InChI=1S/C11H15NO/c1-10(13-2)8-12-9-11-6-4-3-5-7-11/h3-7,9-10H,8H2,1-2H3. The molecule has 2 heteroatoms. The molecule has 1 aromatic carbocycles. The quantitative estimate of drug-likeness (QED) is 0.646. The fourth-order valence-electron chi connectivity index (χ4n) is 0.920. The lowest BCUT2D eigenvalue weighted by atomic mass is 10.2. The van der Waals surface area contributed by atoms with Crippen molar-refractivity contribution in [1.29, 1.82) is 0 Å². The number of ether oxygens (including phenoxy) is 1. The van der Waals surface area contributed by atoms with Gasteiger partial charge in [0.05, 0.1) is 12.6 Å². The summed E-state index contributed by atoms with van der Waals surface area (Å²) in [6.45, 7) is 2.72. The van der Waals surface area contributed by atoms with Crippen molar-refractivity contribution in [3.63, 3.8) is 0 Å². The van der Waals surface area contributed by atoms with Crippen LogP contribution in [0.4, 0.5) is 0 Å². The summed E-state index contributed by atoms with van der Waals surface area (Å²) in [5.74, 6) is 0. The third-order valence-electron chi connectivity index (χ3n) is 1.80. The lowest BCUT2D eigenvalue weighted by molar-refractivity contribution is 0.126. The number of aliphatic imine (C=N–C) groups is 1. The molecule has 1 rings (SSSR count). The first kappa shape index (κ1) is 9.93. The molecule has 0 aliphatic heterocycles. The molecule has 0 aromatic heterocycles. The Kier molecular flexibility index (Phi) is 4.19. The molecule has 0 bridgehead atoms. The predicted octanol–water partition coefficient (Wildman–Crippen LogP) is 2.14. The fourth-order valence-corrected chi connectivity index (χ4v) is 0.920. The Labute approximate surface area is 79.3 Å². The van der Waals surface area contributed by atoms with E-state index in [4.69, 9.17) is 4.74 Å². The molecule has 2 nitrogen and oxygen atoms in total. The Bertz CT molecular complexity index is 256. The summed E-state index contributed by atoms with van der Waals surface area (Å²) in [5, 5.41) is 0. The van der Waals surface area contributed by atoms with Crippen LogP contribution in [-0.2, 0) is 4.74 Å². The Balaban J connectivity index is 2.41. The maximum Gasteiger partial charge on any atom is 0.0738 e. The largest absolute Gasteiger partial charge is 0.380 e. The summed E-state index contributed by atoms with van der Waals surface area (Å²) < 4.78 is 5.07. The van der Waals surface area contributed by atoms with Crippen LogP contribution in [0, 0.1) is 0 Å². The molecule has 0 heterocycles. The molecule has 0 radical (unpaired) electrons. The van der Waals surface area contributed by atoms with Gasteiger partial charge in [0, 0.05) is 13.3 Å². The van der Waals surface area contributed by atoms with Crippen LogP contribution in [0.15, 0.2) is 35.3 Å². The van der Waals surface area contributed by atoms with Gasteiger partial charge in [-0.3, -0.25) is 4.99 Å². The first-order valence-corrected chi connectivity index (χ1v) is 4.40. The average molecular weight is 177 g/mol. The van der Waals surface area contributed by atoms with Gasteiger partial charge in [-0.2, -0.15) is 0 Å². The molecule has 1 aromatic rings. The summed E-state index contributed by atoms with van der Waals surface area (Å²) in [6, 6.07) is 10.1. The normalized spacial score (nSPS) is 13.4. The van der Waals surface area contributed by atoms with Gasteiger partial charge in [-0.25, -0.2) is 0 Å². The molecule has 0 fully saturated rings. The first-order chi connectivity index (χ1) is 6.33. The van der Waals surface area contributed by atoms with E-state index in [0.717, 1.165) is 5.56 Å². The van der Waals surface area contributed by atoms with Gasteiger partial charge >= 0.3 is 0 Å². The van der Waals surface area contributed by atoms with Crippen LogP contribution in [0.2, 0.25) is 0 Å². The number of hydrogen-bond acceptors (Lipinski definition) is 2. The summed E-state index contributed by atoms with van der Waals surface area (Å²) in [6.07, 6.45) is 2.06. The van der Waals surface area contributed by atoms with E-state index in [-0.39, 0.29) is 6.10 Å². The van der Waals surface area contributed by atoms with E-state index in [1.807, 2.05) is 43.5 Å². The third-order valence-corrected chi connectivity index (χ3v) is 1.80. The highest BCUT2D eigenvalue weighted by Crippen LogP contribution is 1.95. The van der Waals surface area contributed by atoms with E-state index in [1.54, 1.807) is 7.11 Å². The smallest absolute Gasteiger partial charge is 0.0738 e. The van der Waals surface area contributed by atoms with E-state index < -0.39 is 0 Å². The van der Waals surface area contributed by atoms with E-state index in [2.05, 4.69) is 4.99 Å². The molecule has 0 saturated heterocycles. The van der Waals surface area contributed by atoms with E-state index in [9.17, 15) is 0 Å². The second-order valence-corrected chi connectivity index (χ2v) is 2.95. The number of benzene rings is 1. The van der Waals surface area contributed by atoms with Gasteiger partial charge in [-0.05, 0) is 12.5 Å². The molecule has 70 valence electrons. The second kappa shape index (κ2) is 5.49. The maximum atomic E-state index is 5.07. The summed E-state index contributed by atoms with van der Waals surface area (Å²) in [4.78, 5) is 4.26. The molecule has 0 spiro atoms. The molecule has 0 amide bonds. The van der Waals surface area contributed by atoms with Gasteiger partial charge < -0.3 is 4.74 Å². The van der Waals surface area contributed by atoms with Crippen LogP contribution in [0.1, 0.15) is 12.5 Å². The maximum absolute atomic E-state index is 5.07. The van der Waals surface area contributed by atoms with Crippen molar-refractivity contribution in [2.45, 2.75) is 13.0 Å². The average Bonchev–Trinajstić information content (AvgIpc) is 2.19.